The first-order valence-electron chi connectivity index (χ1n) is 5.83. The van der Waals surface area contributed by atoms with Crippen molar-refractivity contribution in [3.63, 3.8) is 0 Å². The van der Waals surface area contributed by atoms with Crippen molar-refractivity contribution >= 4 is 47.6 Å². The number of sulfonamides is 1. The number of benzene rings is 1. The molecule has 0 aliphatic rings. The molecule has 1 heterocycles. The predicted octanol–water partition coefficient (Wildman–Crippen LogP) is 1.96. The molecule has 114 valence electrons. The zero-order valence-electron chi connectivity index (χ0n) is 11.2. The van der Waals surface area contributed by atoms with Gasteiger partial charge in [0.15, 0.2) is 0 Å². The van der Waals surface area contributed by atoms with Crippen LogP contribution in [0.1, 0.15) is 18.8 Å². The number of aromatic nitrogens is 3. The highest BCUT2D eigenvalue weighted by atomic mass is 79.9. The smallest absolute Gasteiger partial charge is 0.243 e. The fourth-order valence-electron chi connectivity index (χ4n) is 1.86. The Morgan fingerprint density at radius 1 is 1.33 bits per heavy atom. The summed E-state index contributed by atoms with van der Waals surface area (Å²) in [6.45, 7) is 1.70. The van der Waals surface area contributed by atoms with Crippen molar-refractivity contribution in [2.75, 3.05) is 5.73 Å². The highest BCUT2D eigenvalue weighted by molar-refractivity contribution is 9.11. The van der Waals surface area contributed by atoms with Crippen LogP contribution < -0.4 is 10.5 Å². The molecule has 1 aromatic heterocycles. The van der Waals surface area contributed by atoms with Crippen LogP contribution in [0.2, 0.25) is 0 Å². The first kappa shape index (κ1) is 16.4. The Kier molecular flexibility index (Phi) is 4.71. The summed E-state index contributed by atoms with van der Waals surface area (Å²) in [5.41, 5.74) is 6.13. The Balaban J connectivity index is 2.38. The first-order chi connectivity index (χ1) is 9.72. The number of nitrogens with two attached hydrogens (primary N) is 1. The van der Waals surface area contributed by atoms with Crippen LogP contribution in [-0.4, -0.2) is 23.2 Å². The fourth-order valence-corrected chi connectivity index (χ4v) is 5.69. The highest BCUT2D eigenvalue weighted by Crippen LogP contribution is 2.33. The normalized spacial score (nSPS) is 13.3. The number of anilines is 1. The summed E-state index contributed by atoms with van der Waals surface area (Å²) in [6.07, 6.45) is 1.51. The van der Waals surface area contributed by atoms with Crippen molar-refractivity contribution < 1.29 is 8.42 Å². The second-order valence-corrected chi connectivity index (χ2v) is 7.82. The molecular formula is C11H13Br2N5O2S. The summed E-state index contributed by atoms with van der Waals surface area (Å²) in [6, 6.07) is 2.54. The molecule has 0 saturated heterocycles. The summed E-state index contributed by atoms with van der Waals surface area (Å²) in [7, 11) is -2.02. The Hall–Kier alpha value is -0.970. The maximum Gasteiger partial charge on any atom is 0.243 e. The van der Waals surface area contributed by atoms with Crippen molar-refractivity contribution in [1.29, 1.82) is 0 Å². The molecule has 2 aromatic rings. The molecule has 0 radical (unpaired) electrons. The van der Waals surface area contributed by atoms with E-state index < -0.39 is 16.1 Å². The van der Waals surface area contributed by atoms with Gasteiger partial charge in [-0.3, -0.25) is 0 Å². The van der Waals surface area contributed by atoms with Gasteiger partial charge in [0.2, 0.25) is 10.0 Å². The molecular weight excluding hydrogens is 426 g/mol. The van der Waals surface area contributed by atoms with Gasteiger partial charge in [0.25, 0.3) is 0 Å². The number of rotatable bonds is 4. The lowest BCUT2D eigenvalue weighted by atomic mass is 10.3. The van der Waals surface area contributed by atoms with Crippen molar-refractivity contribution in [3.8, 4) is 0 Å². The van der Waals surface area contributed by atoms with Crippen molar-refractivity contribution in [2.24, 2.45) is 7.05 Å². The van der Waals surface area contributed by atoms with E-state index in [0.29, 0.717) is 20.5 Å². The van der Waals surface area contributed by atoms with Gasteiger partial charge >= 0.3 is 0 Å². The van der Waals surface area contributed by atoms with Crippen molar-refractivity contribution in [1.82, 2.24) is 19.5 Å². The van der Waals surface area contributed by atoms with E-state index in [2.05, 4.69) is 46.8 Å². The molecule has 10 heteroatoms. The zero-order valence-corrected chi connectivity index (χ0v) is 15.2. The van der Waals surface area contributed by atoms with Gasteiger partial charge in [-0.2, -0.15) is 0 Å². The van der Waals surface area contributed by atoms with E-state index in [0.717, 1.165) is 0 Å². The lowest BCUT2D eigenvalue weighted by Gasteiger charge is -2.15. The van der Waals surface area contributed by atoms with Gasteiger partial charge in [-0.15, -0.1) is 10.2 Å². The average Bonchev–Trinajstić information content (AvgIpc) is 2.72. The number of halogens is 2. The standard InChI is InChI=1S/C11H13Br2N5O2S/c1-6(11-16-15-5-18(11)2)17-21(19,20)10-8(12)3-7(14)4-9(10)13/h3-6,17H,14H2,1-2H3. The minimum atomic E-state index is -3.76. The molecule has 0 aliphatic heterocycles. The number of nitrogens with zero attached hydrogens (tertiary/aromatic N) is 3. The first-order valence-corrected chi connectivity index (χ1v) is 8.90. The summed E-state index contributed by atoms with van der Waals surface area (Å²) in [4.78, 5) is 0.0886. The lowest BCUT2D eigenvalue weighted by molar-refractivity contribution is 0.552. The molecule has 0 amide bonds. The molecule has 3 N–H and O–H groups in total. The van der Waals surface area contributed by atoms with E-state index in [1.807, 2.05) is 0 Å². The number of aryl methyl sites for hydroxylation is 1. The average molecular weight is 439 g/mol. The molecule has 0 spiro atoms. The number of hydrogen-bond donors (Lipinski definition) is 2. The third kappa shape index (κ3) is 3.44. The molecule has 0 saturated carbocycles. The van der Waals surface area contributed by atoms with E-state index in [9.17, 15) is 8.42 Å². The Morgan fingerprint density at radius 3 is 2.38 bits per heavy atom. The van der Waals surface area contributed by atoms with Crippen LogP contribution in [0.5, 0.6) is 0 Å². The number of nitrogen functional groups attached to an aromatic ring is 1. The van der Waals surface area contributed by atoms with Gasteiger partial charge in [-0.25, -0.2) is 13.1 Å². The second-order valence-electron chi connectivity index (χ2n) is 4.46. The van der Waals surface area contributed by atoms with E-state index in [1.54, 1.807) is 18.5 Å². The molecule has 1 aromatic carbocycles. The SMILES string of the molecule is CC(NS(=O)(=O)c1c(Br)cc(N)cc1Br)c1nncn1C. The second kappa shape index (κ2) is 6.03. The molecule has 0 bridgehead atoms. The Morgan fingerprint density at radius 2 is 1.90 bits per heavy atom. The van der Waals surface area contributed by atoms with Crippen LogP contribution in [0.15, 0.2) is 32.3 Å². The van der Waals surface area contributed by atoms with E-state index in [4.69, 9.17) is 5.73 Å². The van der Waals surface area contributed by atoms with Crippen LogP contribution in [0.4, 0.5) is 5.69 Å². The summed E-state index contributed by atoms with van der Waals surface area (Å²) < 4.78 is 30.0. The molecule has 0 fully saturated rings. The van der Waals surface area contributed by atoms with Gasteiger partial charge in [-0.1, -0.05) is 0 Å². The molecule has 1 atom stereocenters. The van der Waals surface area contributed by atoms with Crippen LogP contribution in [0, 0.1) is 0 Å². The van der Waals surface area contributed by atoms with Gasteiger partial charge in [0, 0.05) is 21.7 Å². The maximum absolute atomic E-state index is 12.5. The number of hydrogen-bond acceptors (Lipinski definition) is 5. The monoisotopic (exact) mass is 437 g/mol. The predicted molar refractivity (Wildman–Crippen MR) is 86.0 cm³/mol. The zero-order chi connectivity index (χ0) is 15.8. The number of nitrogens with one attached hydrogen (secondary N) is 1. The van der Waals surface area contributed by atoms with Gasteiger partial charge in [0.1, 0.15) is 17.0 Å². The van der Waals surface area contributed by atoms with Gasteiger partial charge in [-0.05, 0) is 50.9 Å². The summed E-state index contributed by atoms with van der Waals surface area (Å²) in [5, 5.41) is 7.63. The van der Waals surface area contributed by atoms with E-state index >= 15 is 0 Å². The third-order valence-electron chi connectivity index (χ3n) is 2.75. The molecule has 0 aliphatic carbocycles. The fraction of sp³-hybridized carbons (Fsp3) is 0.273. The van der Waals surface area contributed by atoms with Gasteiger partial charge < -0.3 is 10.3 Å². The van der Waals surface area contributed by atoms with Crippen LogP contribution in [0.25, 0.3) is 0 Å². The summed E-state index contributed by atoms with van der Waals surface area (Å²) in [5.74, 6) is 0.515. The summed E-state index contributed by atoms with van der Waals surface area (Å²) >= 11 is 6.45. The minimum absolute atomic E-state index is 0.0886. The third-order valence-corrected chi connectivity index (χ3v) is 6.17. The minimum Gasteiger partial charge on any atom is -0.399 e. The van der Waals surface area contributed by atoms with Crippen LogP contribution >= 0.6 is 31.9 Å². The molecule has 21 heavy (non-hydrogen) atoms. The Labute approximate surface area is 139 Å². The quantitative estimate of drug-likeness (QED) is 0.710. The van der Waals surface area contributed by atoms with Crippen molar-refractivity contribution in [2.45, 2.75) is 17.9 Å². The van der Waals surface area contributed by atoms with E-state index in [-0.39, 0.29) is 4.90 Å². The lowest BCUT2D eigenvalue weighted by Crippen LogP contribution is -2.29. The van der Waals surface area contributed by atoms with Crippen molar-refractivity contribution in [3.05, 3.63) is 33.2 Å². The molecule has 1 unspecified atom stereocenters. The van der Waals surface area contributed by atoms with Gasteiger partial charge in [0.05, 0.1) is 6.04 Å². The highest BCUT2D eigenvalue weighted by Gasteiger charge is 2.25. The maximum atomic E-state index is 12.5. The molecule has 7 nitrogen and oxygen atoms in total. The topological polar surface area (TPSA) is 103 Å². The van der Waals surface area contributed by atoms with Crippen LogP contribution in [-0.2, 0) is 17.1 Å². The Bertz CT molecular complexity index is 752. The van der Waals surface area contributed by atoms with Crippen LogP contribution in [0.3, 0.4) is 0 Å². The largest absolute Gasteiger partial charge is 0.399 e. The molecule has 2 rings (SSSR count). The van der Waals surface area contributed by atoms with E-state index in [1.165, 1.54) is 18.5 Å².